The van der Waals surface area contributed by atoms with Crippen molar-refractivity contribution in [3.05, 3.63) is 35.4 Å². The number of carbonyl (C=O) groups excluding carboxylic acids is 1. The van der Waals surface area contributed by atoms with E-state index in [9.17, 15) is 18.0 Å². The summed E-state index contributed by atoms with van der Waals surface area (Å²) < 4.78 is 38.9. The molecule has 0 radical (unpaired) electrons. The standard InChI is InChI=1S/C13H15F3N2O/c1-2-7-18-11(19)8-17-12(18)9-5-3-4-6-10(9)13(14,15)16/h3-6,12,17H,2,7-8H2,1H3. The Labute approximate surface area is 109 Å². The summed E-state index contributed by atoms with van der Waals surface area (Å²) >= 11 is 0. The molecule has 1 heterocycles. The lowest BCUT2D eigenvalue weighted by atomic mass is 10.0. The van der Waals surface area contributed by atoms with Gasteiger partial charge in [0.25, 0.3) is 0 Å². The Morgan fingerprint density at radius 1 is 1.37 bits per heavy atom. The molecule has 1 aliphatic rings. The van der Waals surface area contributed by atoms with E-state index < -0.39 is 17.9 Å². The van der Waals surface area contributed by atoms with Crippen LogP contribution in [0.4, 0.5) is 13.2 Å². The van der Waals surface area contributed by atoms with Gasteiger partial charge in [0.2, 0.25) is 5.91 Å². The molecule has 1 aromatic rings. The summed E-state index contributed by atoms with van der Waals surface area (Å²) in [4.78, 5) is 13.2. The van der Waals surface area contributed by atoms with E-state index in [0.717, 1.165) is 6.07 Å². The fourth-order valence-electron chi connectivity index (χ4n) is 2.31. The van der Waals surface area contributed by atoms with Gasteiger partial charge in [-0.1, -0.05) is 25.1 Å². The lowest BCUT2D eigenvalue weighted by Crippen LogP contribution is -2.32. The minimum atomic E-state index is -4.41. The summed E-state index contributed by atoms with van der Waals surface area (Å²) in [7, 11) is 0. The maximum Gasteiger partial charge on any atom is 0.416 e. The number of hydrogen-bond acceptors (Lipinski definition) is 2. The number of nitrogens with zero attached hydrogens (tertiary/aromatic N) is 1. The van der Waals surface area contributed by atoms with Crippen molar-refractivity contribution in [1.82, 2.24) is 10.2 Å². The van der Waals surface area contributed by atoms with Gasteiger partial charge in [0.1, 0.15) is 6.17 Å². The van der Waals surface area contributed by atoms with Crippen LogP contribution in [0.2, 0.25) is 0 Å². The van der Waals surface area contributed by atoms with E-state index in [1.54, 1.807) is 6.07 Å². The molecule has 0 saturated carbocycles. The maximum atomic E-state index is 13.0. The number of nitrogens with one attached hydrogen (secondary N) is 1. The van der Waals surface area contributed by atoms with Crippen LogP contribution in [0.15, 0.2) is 24.3 Å². The quantitative estimate of drug-likeness (QED) is 0.917. The molecule has 0 aromatic heterocycles. The zero-order valence-corrected chi connectivity index (χ0v) is 10.5. The third kappa shape index (κ3) is 2.73. The summed E-state index contributed by atoms with van der Waals surface area (Å²) in [6, 6.07) is 5.37. The molecule has 1 N–H and O–H groups in total. The van der Waals surface area contributed by atoms with Crippen molar-refractivity contribution in [2.75, 3.05) is 13.1 Å². The molecule has 1 fully saturated rings. The van der Waals surface area contributed by atoms with Gasteiger partial charge in [-0.3, -0.25) is 10.1 Å². The Bertz CT molecular complexity index is 473. The van der Waals surface area contributed by atoms with Gasteiger partial charge in [-0.05, 0) is 12.5 Å². The van der Waals surface area contributed by atoms with Crippen LogP contribution in [-0.2, 0) is 11.0 Å². The van der Waals surface area contributed by atoms with Gasteiger partial charge < -0.3 is 4.90 Å². The molecule has 1 aromatic carbocycles. The highest BCUT2D eigenvalue weighted by atomic mass is 19.4. The van der Waals surface area contributed by atoms with E-state index in [1.165, 1.54) is 17.0 Å². The molecule has 3 nitrogen and oxygen atoms in total. The van der Waals surface area contributed by atoms with Crippen molar-refractivity contribution in [1.29, 1.82) is 0 Å². The van der Waals surface area contributed by atoms with Gasteiger partial charge in [0, 0.05) is 12.1 Å². The van der Waals surface area contributed by atoms with E-state index in [1.807, 2.05) is 6.92 Å². The highest BCUT2D eigenvalue weighted by Crippen LogP contribution is 2.36. The maximum absolute atomic E-state index is 13.0. The number of rotatable bonds is 3. The molecule has 1 saturated heterocycles. The molecule has 1 amide bonds. The molecule has 0 spiro atoms. The van der Waals surface area contributed by atoms with Crippen LogP contribution in [0, 0.1) is 0 Å². The Hall–Kier alpha value is -1.56. The van der Waals surface area contributed by atoms with E-state index in [-0.39, 0.29) is 18.0 Å². The third-order valence-corrected chi connectivity index (χ3v) is 3.10. The Morgan fingerprint density at radius 2 is 2.05 bits per heavy atom. The molecule has 0 bridgehead atoms. The Kier molecular flexibility index (Phi) is 3.80. The lowest BCUT2D eigenvalue weighted by molar-refractivity contribution is -0.139. The Morgan fingerprint density at radius 3 is 2.68 bits per heavy atom. The molecule has 1 aliphatic heterocycles. The summed E-state index contributed by atoms with van der Waals surface area (Å²) in [6.45, 7) is 2.41. The monoisotopic (exact) mass is 272 g/mol. The van der Waals surface area contributed by atoms with Crippen molar-refractivity contribution < 1.29 is 18.0 Å². The van der Waals surface area contributed by atoms with Crippen molar-refractivity contribution in [2.24, 2.45) is 0 Å². The van der Waals surface area contributed by atoms with Crippen molar-refractivity contribution in [2.45, 2.75) is 25.7 Å². The van der Waals surface area contributed by atoms with Gasteiger partial charge in [0.15, 0.2) is 0 Å². The molecule has 0 aliphatic carbocycles. The summed E-state index contributed by atoms with van der Waals surface area (Å²) in [6.07, 6.45) is -4.40. The fourth-order valence-corrected chi connectivity index (χ4v) is 2.31. The molecule has 104 valence electrons. The fraction of sp³-hybridized carbons (Fsp3) is 0.462. The van der Waals surface area contributed by atoms with Gasteiger partial charge in [0.05, 0.1) is 12.1 Å². The predicted molar refractivity (Wildman–Crippen MR) is 64.2 cm³/mol. The number of amides is 1. The van der Waals surface area contributed by atoms with Crippen LogP contribution >= 0.6 is 0 Å². The molecule has 1 atom stereocenters. The molecule has 1 unspecified atom stereocenters. The lowest BCUT2D eigenvalue weighted by Gasteiger charge is -2.26. The average Bonchev–Trinajstić information content (AvgIpc) is 2.71. The zero-order chi connectivity index (χ0) is 14.0. The zero-order valence-electron chi connectivity index (χ0n) is 10.5. The second-order valence-corrected chi connectivity index (χ2v) is 4.46. The number of carbonyl (C=O) groups is 1. The Balaban J connectivity index is 2.39. The minimum absolute atomic E-state index is 0.0802. The second-order valence-electron chi connectivity index (χ2n) is 4.46. The van der Waals surface area contributed by atoms with Gasteiger partial charge >= 0.3 is 6.18 Å². The SMILES string of the molecule is CCCN1C(=O)CNC1c1ccccc1C(F)(F)F. The van der Waals surface area contributed by atoms with E-state index in [2.05, 4.69) is 5.32 Å². The highest BCUT2D eigenvalue weighted by molar-refractivity contribution is 5.81. The minimum Gasteiger partial charge on any atom is -0.322 e. The van der Waals surface area contributed by atoms with Crippen LogP contribution < -0.4 is 5.32 Å². The van der Waals surface area contributed by atoms with Crippen LogP contribution in [-0.4, -0.2) is 23.9 Å². The highest BCUT2D eigenvalue weighted by Gasteiger charge is 2.39. The summed E-state index contributed by atoms with van der Waals surface area (Å²) in [5.74, 6) is -0.163. The first-order valence-electron chi connectivity index (χ1n) is 6.14. The summed E-state index contributed by atoms with van der Waals surface area (Å²) in [5, 5.41) is 2.85. The van der Waals surface area contributed by atoms with E-state index in [4.69, 9.17) is 0 Å². The molecule has 19 heavy (non-hydrogen) atoms. The average molecular weight is 272 g/mol. The van der Waals surface area contributed by atoms with E-state index in [0.29, 0.717) is 13.0 Å². The number of alkyl halides is 3. The number of halogens is 3. The second kappa shape index (κ2) is 5.21. The van der Waals surface area contributed by atoms with Crippen LogP contribution in [0.1, 0.15) is 30.6 Å². The number of hydrogen-bond donors (Lipinski definition) is 1. The topological polar surface area (TPSA) is 32.3 Å². The first-order valence-corrected chi connectivity index (χ1v) is 6.14. The molecular formula is C13H15F3N2O. The van der Waals surface area contributed by atoms with E-state index >= 15 is 0 Å². The smallest absolute Gasteiger partial charge is 0.322 e. The first-order chi connectivity index (χ1) is 8.95. The van der Waals surface area contributed by atoms with Gasteiger partial charge in [-0.25, -0.2) is 0 Å². The molecule has 6 heteroatoms. The normalized spacial score (nSPS) is 20.1. The van der Waals surface area contributed by atoms with Gasteiger partial charge in [-0.2, -0.15) is 13.2 Å². The third-order valence-electron chi connectivity index (χ3n) is 3.10. The van der Waals surface area contributed by atoms with Crippen molar-refractivity contribution in [3.8, 4) is 0 Å². The van der Waals surface area contributed by atoms with Crippen LogP contribution in [0.25, 0.3) is 0 Å². The molecule has 2 rings (SSSR count). The first kappa shape index (κ1) is 13.9. The van der Waals surface area contributed by atoms with Crippen molar-refractivity contribution >= 4 is 5.91 Å². The largest absolute Gasteiger partial charge is 0.416 e. The summed E-state index contributed by atoms with van der Waals surface area (Å²) in [5.41, 5.74) is -0.586. The van der Waals surface area contributed by atoms with Crippen LogP contribution in [0.3, 0.4) is 0 Å². The predicted octanol–water partition coefficient (Wildman–Crippen LogP) is 2.55. The van der Waals surface area contributed by atoms with Crippen molar-refractivity contribution in [3.63, 3.8) is 0 Å². The van der Waals surface area contributed by atoms with Gasteiger partial charge in [-0.15, -0.1) is 0 Å². The molecular weight excluding hydrogens is 257 g/mol. The number of benzene rings is 1. The van der Waals surface area contributed by atoms with Crippen LogP contribution in [0.5, 0.6) is 0 Å².